The van der Waals surface area contributed by atoms with Crippen LogP contribution in [-0.4, -0.2) is 84.7 Å². The standard InChI is InChI=1S/C13H23N3O5S/c1-8(2)11(13(18)19)15(4)12(17)9-5-16(6-9)22(20,21)10-7-14(10)3/h8-11H,5-7H2,1-4H3,(H,18,19)/t10?,11?,14-/m1/s1. The summed E-state index contributed by atoms with van der Waals surface area (Å²) in [5.74, 6) is -2.03. The minimum absolute atomic E-state index is 0.139. The summed E-state index contributed by atoms with van der Waals surface area (Å²) < 4.78 is 25.6. The molecule has 0 saturated carbocycles. The normalized spacial score (nSPS) is 27.3. The minimum atomic E-state index is -3.35. The largest absolute Gasteiger partial charge is 0.480 e. The van der Waals surface area contributed by atoms with Crippen LogP contribution in [0.1, 0.15) is 13.8 Å². The van der Waals surface area contributed by atoms with Gasteiger partial charge in [-0.2, -0.15) is 4.31 Å². The highest BCUT2D eigenvalue weighted by Crippen LogP contribution is 2.30. The molecule has 0 aromatic carbocycles. The first-order chi connectivity index (χ1) is 10.1. The molecular formula is C13H23N3O5S. The third-order valence-electron chi connectivity index (χ3n) is 4.35. The number of amides is 1. The number of hydrogen-bond acceptors (Lipinski definition) is 5. The second-order valence-electron chi connectivity index (χ2n) is 6.43. The average molecular weight is 333 g/mol. The molecule has 2 heterocycles. The van der Waals surface area contributed by atoms with Gasteiger partial charge in [0.2, 0.25) is 15.9 Å². The lowest BCUT2D eigenvalue weighted by atomic mass is 9.97. The lowest BCUT2D eigenvalue weighted by Gasteiger charge is -2.40. The van der Waals surface area contributed by atoms with Crippen LogP contribution >= 0.6 is 0 Å². The van der Waals surface area contributed by atoms with Crippen LogP contribution in [0.5, 0.6) is 0 Å². The molecule has 2 aliphatic rings. The minimum Gasteiger partial charge on any atom is -0.480 e. The zero-order valence-electron chi connectivity index (χ0n) is 13.3. The Labute approximate surface area is 130 Å². The molecule has 1 amide bonds. The molecule has 2 aliphatic heterocycles. The highest BCUT2D eigenvalue weighted by Gasteiger charge is 2.51. The second kappa shape index (κ2) is 5.78. The first kappa shape index (κ1) is 17.2. The van der Waals surface area contributed by atoms with Crippen LogP contribution in [0.2, 0.25) is 0 Å². The number of carboxylic acid groups (broad SMARTS) is 1. The predicted octanol–water partition coefficient (Wildman–Crippen LogP) is -0.913. The van der Waals surface area contributed by atoms with E-state index < -0.39 is 33.3 Å². The molecule has 2 unspecified atom stereocenters. The number of nitrogens with zero attached hydrogens (tertiary/aromatic N) is 3. The molecule has 2 fully saturated rings. The molecule has 9 heteroatoms. The van der Waals surface area contributed by atoms with Gasteiger partial charge in [-0.15, -0.1) is 0 Å². The SMILES string of the molecule is CC(C)C(C(=O)O)N(C)C(=O)C1CN(S(=O)(=O)C2C[N@@]2C)C1. The summed E-state index contributed by atoms with van der Waals surface area (Å²) >= 11 is 0. The highest BCUT2D eigenvalue weighted by atomic mass is 32.2. The van der Waals surface area contributed by atoms with Crippen LogP contribution in [0.4, 0.5) is 0 Å². The van der Waals surface area contributed by atoms with Crippen molar-refractivity contribution in [2.24, 2.45) is 11.8 Å². The molecule has 0 aromatic heterocycles. The van der Waals surface area contributed by atoms with Gasteiger partial charge < -0.3 is 10.0 Å². The number of likely N-dealkylation sites (N-methyl/N-ethyl adjacent to an activating group) is 2. The molecule has 0 aromatic rings. The fourth-order valence-corrected chi connectivity index (χ4v) is 4.82. The van der Waals surface area contributed by atoms with Crippen molar-refractivity contribution in [3.05, 3.63) is 0 Å². The van der Waals surface area contributed by atoms with Gasteiger partial charge in [-0.25, -0.2) is 13.2 Å². The zero-order chi connectivity index (χ0) is 16.8. The maximum atomic E-state index is 12.3. The van der Waals surface area contributed by atoms with Gasteiger partial charge >= 0.3 is 5.97 Å². The fraction of sp³-hybridized carbons (Fsp3) is 0.846. The number of aliphatic carboxylic acids is 1. The topological polar surface area (TPSA) is 98.0 Å². The molecule has 126 valence electrons. The number of sulfonamides is 1. The van der Waals surface area contributed by atoms with E-state index in [-0.39, 0.29) is 24.9 Å². The lowest BCUT2D eigenvalue weighted by molar-refractivity contribution is -0.154. The predicted molar refractivity (Wildman–Crippen MR) is 79.4 cm³/mol. The molecule has 2 rings (SSSR count). The maximum absolute atomic E-state index is 12.3. The quantitative estimate of drug-likeness (QED) is 0.632. The summed E-state index contributed by atoms with van der Waals surface area (Å²) in [7, 11) is -0.151. The number of rotatable bonds is 6. The molecule has 0 aliphatic carbocycles. The first-order valence-corrected chi connectivity index (χ1v) is 8.76. The molecular weight excluding hydrogens is 310 g/mol. The molecule has 0 radical (unpaired) electrons. The van der Waals surface area contributed by atoms with Gasteiger partial charge in [-0.1, -0.05) is 13.8 Å². The van der Waals surface area contributed by atoms with Crippen molar-refractivity contribution in [2.75, 3.05) is 33.7 Å². The Morgan fingerprint density at radius 2 is 1.73 bits per heavy atom. The summed E-state index contributed by atoms with van der Waals surface area (Å²) in [5.41, 5.74) is 0. The third kappa shape index (κ3) is 2.97. The maximum Gasteiger partial charge on any atom is 0.326 e. The van der Waals surface area contributed by atoms with Gasteiger partial charge in [0, 0.05) is 26.7 Å². The summed E-state index contributed by atoms with van der Waals surface area (Å²) in [4.78, 5) is 26.5. The van der Waals surface area contributed by atoms with E-state index in [0.29, 0.717) is 6.54 Å². The van der Waals surface area contributed by atoms with Crippen LogP contribution in [0, 0.1) is 11.8 Å². The Morgan fingerprint density at radius 3 is 2.09 bits per heavy atom. The molecule has 1 N–H and O–H groups in total. The second-order valence-corrected chi connectivity index (χ2v) is 8.52. The Bertz CT molecular complexity index is 570. The zero-order valence-corrected chi connectivity index (χ0v) is 14.1. The number of carboxylic acids is 1. The van der Waals surface area contributed by atoms with E-state index in [1.54, 1.807) is 25.8 Å². The molecule has 0 spiro atoms. The van der Waals surface area contributed by atoms with Crippen molar-refractivity contribution < 1.29 is 23.1 Å². The Balaban J connectivity index is 1.95. The van der Waals surface area contributed by atoms with E-state index in [2.05, 4.69) is 0 Å². The van der Waals surface area contributed by atoms with E-state index in [9.17, 15) is 23.1 Å². The third-order valence-corrected chi connectivity index (χ3v) is 6.57. The molecule has 22 heavy (non-hydrogen) atoms. The van der Waals surface area contributed by atoms with Crippen molar-refractivity contribution >= 4 is 21.9 Å². The Morgan fingerprint density at radius 1 is 1.23 bits per heavy atom. The number of carbonyl (C=O) groups is 2. The van der Waals surface area contributed by atoms with E-state index in [0.717, 1.165) is 0 Å². The van der Waals surface area contributed by atoms with E-state index in [1.165, 1.54) is 16.3 Å². The van der Waals surface area contributed by atoms with Crippen molar-refractivity contribution in [3.63, 3.8) is 0 Å². The van der Waals surface area contributed by atoms with Crippen LogP contribution < -0.4 is 0 Å². The molecule has 2 saturated heterocycles. The van der Waals surface area contributed by atoms with Crippen molar-refractivity contribution in [2.45, 2.75) is 25.3 Å². The van der Waals surface area contributed by atoms with Crippen LogP contribution in [0.15, 0.2) is 0 Å². The summed E-state index contributed by atoms with van der Waals surface area (Å²) in [6.07, 6.45) is 0. The monoisotopic (exact) mass is 333 g/mol. The van der Waals surface area contributed by atoms with E-state index >= 15 is 0 Å². The van der Waals surface area contributed by atoms with Gasteiger partial charge in [0.1, 0.15) is 11.4 Å². The fourth-order valence-electron chi connectivity index (χ4n) is 2.82. The summed E-state index contributed by atoms with van der Waals surface area (Å²) in [6.45, 7) is 4.28. The smallest absolute Gasteiger partial charge is 0.326 e. The van der Waals surface area contributed by atoms with Crippen LogP contribution in [-0.2, 0) is 19.6 Å². The average Bonchev–Trinajstić information content (AvgIpc) is 3.03. The number of carbonyl (C=O) groups excluding carboxylic acids is 1. The summed E-state index contributed by atoms with van der Waals surface area (Å²) in [5, 5.41) is 8.75. The van der Waals surface area contributed by atoms with Crippen molar-refractivity contribution in [3.8, 4) is 0 Å². The number of hydrogen-bond donors (Lipinski definition) is 1. The molecule has 8 nitrogen and oxygen atoms in total. The van der Waals surface area contributed by atoms with Crippen LogP contribution in [0.25, 0.3) is 0 Å². The molecule has 0 bridgehead atoms. The van der Waals surface area contributed by atoms with Gasteiger partial charge in [0.25, 0.3) is 0 Å². The lowest BCUT2D eigenvalue weighted by Crippen LogP contribution is -2.59. The summed E-state index contributed by atoms with van der Waals surface area (Å²) in [6, 6.07) is -0.896. The first-order valence-electron chi connectivity index (χ1n) is 7.26. The van der Waals surface area contributed by atoms with Gasteiger partial charge in [0.15, 0.2) is 0 Å². The van der Waals surface area contributed by atoms with E-state index in [4.69, 9.17) is 0 Å². The van der Waals surface area contributed by atoms with Crippen molar-refractivity contribution in [1.82, 2.24) is 14.1 Å². The highest BCUT2D eigenvalue weighted by molar-refractivity contribution is 7.90. The van der Waals surface area contributed by atoms with Crippen LogP contribution in [0.3, 0.4) is 0 Å². The Kier molecular flexibility index (Phi) is 4.51. The van der Waals surface area contributed by atoms with Gasteiger partial charge in [-0.05, 0) is 13.0 Å². The van der Waals surface area contributed by atoms with E-state index in [1.807, 2.05) is 0 Å². The van der Waals surface area contributed by atoms with Gasteiger partial charge in [-0.3, -0.25) is 9.69 Å². The Hall–Kier alpha value is -1.19. The van der Waals surface area contributed by atoms with Crippen molar-refractivity contribution in [1.29, 1.82) is 0 Å². The van der Waals surface area contributed by atoms with Gasteiger partial charge in [0.05, 0.1) is 5.92 Å². The molecule has 3 atom stereocenters.